The van der Waals surface area contributed by atoms with Crippen molar-refractivity contribution in [1.29, 1.82) is 0 Å². The maximum absolute atomic E-state index is 14.8. The van der Waals surface area contributed by atoms with E-state index < -0.39 is 80.1 Å². The molecule has 5 N–H and O–H groups in total. The predicted molar refractivity (Wildman–Crippen MR) is 159 cm³/mol. The summed E-state index contributed by atoms with van der Waals surface area (Å²) >= 11 is 0. The Labute approximate surface area is 248 Å². The summed E-state index contributed by atoms with van der Waals surface area (Å²) in [4.78, 5) is 41.2. The Morgan fingerprint density at radius 3 is 2.00 bits per heavy atom. The van der Waals surface area contributed by atoms with E-state index in [-0.39, 0.29) is 22.3 Å². The minimum absolute atomic E-state index is 0.0412. The Hall–Kier alpha value is -2.97. The number of hydrogen-bond acceptors (Lipinski definition) is 8. The van der Waals surface area contributed by atoms with Crippen LogP contribution in [0.2, 0.25) is 0 Å². The molecule has 0 bridgehead atoms. The van der Waals surface area contributed by atoms with Crippen molar-refractivity contribution in [3.63, 3.8) is 0 Å². The fourth-order valence-electron chi connectivity index (χ4n) is 8.31. The molecule has 1 unspecified atom stereocenters. The van der Waals surface area contributed by atoms with E-state index in [1.165, 1.54) is 6.92 Å². The molecule has 8 heteroatoms. The van der Waals surface area contributed by atoms with E-state index in [1.54, 1.807) is 26.8 Å². The summed E-state index contributed by atoms with van der Waals surface area (Å²) in [5.41, 5.74) is -7.23. The highest BCUT2D eigenvalue weighted by molar-refractivity contribution is 6.24. The molecule has 42 heavy (non-hydrogen) atoms. The second-order valence-electron chi connectivity index (χ2n) is 15.6. The van der Waals surface area contributed by atoms with Crippen LogP contribution in [0.3, 0.4) is 0 Å². The van der Waals surface area contributed by atoms with Crippen LogP contribution < -0.4 is 0 Å². The molecule has 1 fully saturated rings. The zero-order chi connectivity index (χ0) is 32.3. The maximum atomic E-state index is 14.8. The summed E-state index contributed by atoms with van der Waals surface area (Å²) in [6.07, 6.45) is -1.25. The van der Waals surface area contributed by atoms with Gasteiger partial charge in [-0.05, 0) is 41.6 Å². The summed E-state index contributed by atoms with van der Waals surface area (Å²) in [6, 6.07) is 3.59. The van der Waals surface area contributed by atoms with Gasteiger partial charge in [-0.25, -0.2) is 0 Å². The molecule has 0 spiro atoms. The van der Waals surface area contributed by atoms with Crippen molar-refractivity contribution < 1.29 is 39.9 Å². The van der Waals surface area contributed by atoms with Crippen LogP contribution in [0.25, 0.3) is 5.76 Å². The first-order valence-electron chi connectivity index (χ1n) is 14.7. The summed E-state index contributed by atoms with van der Waals surface area (Å²) in [7, 11) is 0. The quantitative estimate of drug-likeness (QED) is 0.296. The molecule has 0 heterocycles. The summed E-state index contributed by atoms with van der Waals surface area (Å²) in [5.74, 6) is -7.01. The summed E-state index contributed by atoms with van der Waals surface area (Å²) in [6.45, 7) is 19.2. The van der Waals surface area contributed by atoms with Gasteiger partial charge in [-0.15, -0.1) is 0 Å². The van der Waals surface area contributed by atoms with Gasteiger partial charge in [-0.3, -0.25) is 14.4 Å². The molecule has 0 saturated heterocycles. The largest absolute Gasteiger partial charge is 0.508 e. The van der Waals surface area contributed by atoms with E-state index in [2.05, 4.69) is 0 Å². The molecule has 0 amide bonds. The summed E-state index contributed by atoms with van der Waals surface area (Å²) in [5, 5.41) is 59.8. The highest BCUT2D eigenvalue weighted by atomic mass is 16.4. The topological polar surface area (TPSA) is 152 Å². The average Bonchev–Trinajstić information content (AvgIpc) is 2.81. The monoisotopic (exact) mass is 582 g/mol. The lowest BCUT2D eigenvalue weighted by Gasteiger charge is -2.64. The van der Waals surface area contributed by atoms with Gasteiger partial charge in [0.1, 0.15) is 22.8 Å². The number of rotatable bonds is 3. The second-order valence-corrected chi connectivity index (χ2v) is 15.6. The van der Waals surface area contributed by atoms with Crippen LogP contribution in [-0.4, -0.2) is 54.6 Å². The second kappa shape index (κ2) is 9.26. The normalized spacial score (nSPS) is 33.5. The Morgan fingerprint density at radius 2 is 1.55 bits per heavy atom. The minimum Gasteiger partial charge on any atom is -0.508 e. The predicted octanol–water partition coefficient (Wildman–Crippen LogP) is 5.44. The number of Topliss-reactive ketones (excluding diaryl/α,β-unsaturated/α-hetero) is 3. The smallest absolute Gasteiger partial charge is 0.203 e. The van der Waals surface area contributed by atoms with Gasteiger partial charge in [0.2, 0.25) is 5.78 Å². The third kappa shape index (κ3) is 3.83. The molecule has 3 aliphatic rings. The van der Waals surface area contributed by atoms with Crippen LogP contribution in [0, 0.1) is 28.1 Å². The van der Waals surface area contributed by atoms with E-state index in [0.717, 1.165) is 6.92 Å². The van der Waals surface area contributed by atoms with Crippen molar-refractivity contribution in [3.8, 4) is 5.75 Å². The number of ketones is 3. The molecular weight excluding hydrogens is 536 g/mol. The number of fused-ring (bicyclic) bond motifs is 3. The van der Waals surface area contributed by atoms with Gasteiger partial charge < -0.3 is 25.5 Å². The number of carbonyl (C=O) groups excluding carboxylic acids is 3. The van der Waals surface area contributed by atoms with Gasteiger partial charge in [-0.1, -0.05) is 81.4 Å². The van der Waals surface area contributed by atoms with Gasteiger partial charge in [0.05, 0.1) is 17.2 Å². The van der Waals surface area contributed by atoms with E-state index in [4.69, 9.17) is 0 Å². The molecule has 230 valence electrons. The lowest BCUT2D eigenvalue weighted by atomic mass is 9.40. The number of hydrogen-bond donors (Lipinski definition) is 5. The number of phenolic OH excluding ortho intramolecular Hbond substituents is 1. The number of carbonyl (C=O) groups is 3. The van der Waals surface area contributed by atoms with E-state index in [1.807, 2.05) is 47.6 Å². The highest BCUT2D eigenvalue weighted by Gasteiger charge is 2.77. The van der Waals surface area contributed by atoms with Crippen molar-refractivity contribution in [2.75, 3.05) is 0 Å². The number of benzene rings is 1. The minimum atomic E-state index is -2.90. The Balaban J connectivity index is 2.22. The Morgan fingerprint density at radius 1 is 1.00 bits per heavy atom. The molecule has 0 aromatic heterocycles. The molecule has 1 aromatic rings. The number of phenols is 1. The zero-order valence-electron chi connectivity index (χ0n) is 26.6. The third-order valence-corrected chi connectivity index (χ3v) is 10.2. The molecule has 6 atom stereocenters. The summed E-state index contributed by atoms with van der Waals surface area (Å²) < 4.78 is 0. The van der Waals surface area contributed by atoms with Gasteiger partial charge in [0.25, 0.3) is 0 Å². The van der Waals surface area contributed by atoms with Crippen LogP contribution in [0.15, 0.2) is 29.0 Å². The maximum Gasteiger partial charge on any atom is 0.203 e. The van der Waals surface area contributed by atoms with Crippen LogP contribution in [-0.2, 0) is 19.8 Å². The molecule has 0 radical (unpaired) electrons. The van der Waals surface area contributed by atoms with Crippen LogP contribution >= 0.6 is 0 Å². The lowest BCUT2D eigenvalue weighted by Crippen LogP contribution is -2.75. The number of aromatic hydroxyl groups is 1. The zero-order valence-corrected chi connectivity index (χ0v) is 26.6. The molecule has 3 aliphatic carbocycles. The first-order chi connectivity index (χ1) is 18.9. The van der Waals surface area contributed by atoms with Gasteiger partial charge in [-0.2, -0.15) is 0 Å². The first kappa shape index (κ1) is 32.0. The fourth-order valence-corrected chi connectivity index (χ4v) is 8.31. The fraction of sp³-hybridized carbons (Fsp3) is 0.618. The van der Waals surface area contributed by atoms with Gasteiger partial charge in [0, 0.05) is 22.3 Å². The Kier molecular flexibility index (Phi) is 7.05. The Bertz CT molecular complexity index is 1470. The third-order valence-electron chi connectivity index (χ3n) is 10.2. The molecule has 4 rings (SSSR count). The van der Waals surface area contributed by atoms with Crippen LogP contribution in [0.4, 0.5) is 0 Å². The number of allylic oxidation sites excluding steroid dienone is 1. The van der Waals surface area contributed by atoms with Crippen molar-refractivity contribution in [3.05, 3.63) is 45.7 Å². The van der Waals surface area contributed by atoms with Crippen molar-refractivity contribution in [2.45, 2.75) is 106 Å². The standard InChI is InChI=1S/C34H46O8/c1-15(2)22-25(37)20(16(3)35)27(39)34(42)28(40)23-26(38)21-17(12-13-18(24(21)36)31(7,8)9)19(14-30(4,5)6)32(23,10)29(41)33(22,34)11/h12-13,15,19,22,29,36,38-39,41-42H,14H2,1-11H3/t19-,22?,29-,32+,33+,34+/m1/s1. The van der Waals surface area contributed by atoms with E-state index in [0.29, 0.717) is 17.5 Å². The SMILES string of the molecule is CC(=O)C1=C(O)[C@]2(O)C(=O)C3=C(O)c4c(ccc(C(C)(C)C)c4O)[C@@H](CC(C)(C)C)[C@]3(C)[C@@H](O)[C@]2(C)C(C(C)C)C1=O. The van der Waals surface area contributed by atoms with E-state index in [9.17, 15) is 39.9 Å². The van der Waals surface area contributed by atoms with Crippen molar-refractivity contribution in [1.82, 2.24) is 0 Å². The highest BCUT2D eigenvalue weighted by Crippen LogP contribution is 2.69. The molecule has 8 nitrogen and oxygen atoms in total. The van der Waals surface area contributed by atoms with Crippen LogP contribution in [0.1, 0.15) is 105 Å². The first-order valence-corrected chi connectivity index (χ1v) is 14.7. The van der Waals surface area contributed by atoms with Crippen LogP contribution in [0.5, 0.6) is 5.75 Å². The molecular formula is C34H46O8. The van der Waals surface area contributed by atoms with Gasteiger partial charge in [0.15, 0.2) is 17.2 Å². The molecule has 1 saturated carbocycles. The van der Waals surface area contributed by atoms with Crippen molar-refractivity contribution >= 4 is 23.1 Å². The number of aliphatic hydroxyl groups excluding tert-OH is 3. The number of aliphatic hydroxyl groups is 4. The van der Waals surface area contributed by atoms with Gasteiger partial charge >= 0.3 is 0 Å². The molecule has 0 aliphatic heterocycles. The van der Waals surface area contributed by atoms with Crippen molar-refractivity contribution in [2.24, 2.45) is 28.1 Å². The van der Waals surface area contributed by atoms with E-state index >= 15 is 0 Å². The molecule has 1 aromatic carbocycles. The average molecular weight is 583 g/mol. The lowest BCUT2D eigenvalue weighted by molar-refractivity contribution is -0.217.